The molecule has 0 atom stereocenters. The maximum absolute atomic E-state index is 3.31. The summed E-state index contributed by atoms with van der Waals surface area (Å²) in [5, 5.41) is 0. The molecule has 0 aromatic heterocycles. The van der Waals surface area contributed by atoms with Gasteiger partial charge in [0.25, 0.3) is 0 Å². The Morgan fingerprint density at radius 3 is 2.18 bits per heavy atom. The van der Waals surface area contributed by atoms with Gasteiger partial charge in [0, 0.05) is 29.4 Å². The lowest BCUT2D eigenvalue weighted by molar-refractivity contribution is 0.0315. The van der Waals surface area contributed by atoms with E-state index in [9.17, 15) is 0 Å². The Morgan fingerprint density at radius 1 is 1.18 bits per heavy atom. The number of hydrogen-bond donors (Lipinski definition) is 1. The summed E-state index contributed by atoms with van der Waals surface area (Å²) in [6.07, 6.45) is 4.26. The lowest BCUT2D eigenvalue weighted by Gasteiger charge is -2.48. The van der Waals surface area contributed by atoms with E-state index in [1.54, 1.807) is 0 Å². The van der Waals surface area contributed by atoms with E-state index in [0.717, 1.165) is 0 Å². The van der Waals surface area contributed by atoms with Gasteiger partial charge < -0.3 is 4.90 Å². The first-order valence-corrected chi connectivity index (χ1v) is 5.48. The molecule has 0 unspecified atom stereocenters. The van der Waals surface area contributed by atoms with Crippen molar-refractivity contribution in [3.63, 3.8) is 0 Å². The van der Waals surface area contributed by atoms with E-state index in [2.05, 4.69) is 31.3 Å². The standard InChI is InChI=1S/C8H15IN2/c9-10-7-8-1-4-11(5-2-8)6-3-8/h10H,1-7H2. The van der Waals surface area contributed by atoms with Gasteiger partial charge in [0.2, 0.25) is 0 Å². The van der Waals surface area contributed by atoms with Crippen LogP contribution in [0.15, 0.2) is 0 Å². The van der Waals surface area contributed by atoms with Gasteiger partial charge in [-0.05, 0) is 44.3 Å². The first-order chi connectivity index (χ1) is 5.35. The van der Waals surface area contributed by atoms with Crippen molar-refractivity contribution in [3.8, 4) is 0 Å². The van der Waals surface area contributed by atoms with Crippen molar-refractivity contribution >= 4 is 22.9 Å². The van der Waals surface area contributed by atoms with Gasteiger partial charge in [0.1, 0.15) is 0 Å². The van der Waals surface area contributed by atoms with Crippen LogP contribution in [0.2, 0.25) is 0 Å². The minimum absolute atomic E-state index is 0.677. The summed E-state index contributed by atoms with van der Waals surface area (Å²) >= 11 is 2.28. The third-order valence-electron chi connectivity index (χ3n) is 3.32. The van der Waals surface area contributed by atoms with E-state index in [0.29, 0.717) is 5.41 Å². The second-order valence-corrected chi connectivity index (χ2v) is 4.66. The van der Waals surface area contributed by atoms with Crippen molar-refractivity contribution in [2.24, 2.45) is 5.41 Å². The van der Waals surface area contributed by atoms with Crippen LogP contribution >= 0.6 is 22.9 Å². The molecule has 0 aliphatic carbocycles. The zero-order valence-electron chi connectivity index (χ0n) is 6.77. The Kier molecular flexibility index (Phi) is 2.39. The first-order valence-electron chi connectivity index (χ1n) is 4.41. The SMILES string of the molecule is INCC12CCN(CC1)CC2. The van der Waals surface area contributed by atoms with Crippen LogP contribution in [-0.4, -0.2) is 31.1 Å². The smallest absolute Gasteiger partial charge is 0.0169 e. The zero-order chi connectivity index (χ0) is 7.73. The highest BCUT2D eigenvalue weighted by Gasteiger charge is 2.38. The van der Waals surface area contributed by atoms with Crippen LogP contribution in [0.5, 0.6) is 0 Å². The number of rotatable bonds is 2. The fraction of sp³-hybridized carbons (Fsp3) is 1.00. The van der Waals surface area contributed by atoms with Crippen LogP contribution in [0.3, 0.4) is 0 Å². The number of fused-ring (bicyclic) bond motifs is 3. The molecule has 2 nitrogen and oxygen atoms in total. The summed E-state index contributed by atoms with van der Waals surface area (Å²) in [5.74, 6) is 0. The Hall–Kier alpha value is 0.650. The van der Waals surface area contributed by atoms with Gasteiger partial charge in [-0.15, -0.1) is 0 Å². The molecule has 3 saturated heterocycles. The number of nitrogens with one attached hydrogen (secondary N) is 1. The summed E-state index contributed by atoms with van der Waals surface area (Å²) in [6.45, 7) is 5.26. The second-order valence-electron chi connectivity index (χ2n) is 3.90. The van der Waals surface area contributed by atoms with E-state index in [4.69, 9.17) is 0 Å². The van der Waals surface area contributed by atoms with Gasteiger partial charge in [0.15, 0.2) is 0 Å². The molecule has 3 heteroatoms. The molecule has 3 fully saturated rings. The number of hydrogen-bond acceptors (Lipinski definition) is 2. The molecule has 64 valence electrons. The summed E-state index contributed by atoms with van der Waals surface area (Å²) in [5.41, 5.74) is 0.677. The molecular formula is C8H15IN2. The molecule has 1 N–H and O–H groups in total. The van der Waals surface area contributed by atoms with Gasteiger partial charge >= 0.3 is 0 Å². The Labute approximate surface area is 82.2 Å². The minimum atomic E-state index is 0.677. The normalized spacial score (nSPS) is 42.8. The van der Waals surface area contributed by atoms with Crippen molar-refractivity contribution in [2.75, 3.05) is 26.2 Å². The highest BCUT2D eigenvalue weighted by atomic mass is 127. The van der Waals surface area contributed by atoms with Gasteiger partial charge in [-0.25, -0.2) is 0 Å². The summed E-state index contributed by atoms with van der Waals surface area (Å²) in [7, 11) is 0. The number of halogens is 1. The Morgan fingerprint density at radius 2 is 1.73 bits per heavy atom. The molecule has 3 aliphatic rings. The van der Waals surface area contributed by atoms with E-state index in [1.165, 1.54) is 45.4 Å². The molecule has 3 aliphatic heterocycles. The maximum Gasteiger partial charge on any atom is 0.0169 e. The molecule has 0 aromatic carbocycles. The summed E-state index contributed by atoms with van der Waals surface area (Å²) in [6, 6.07) is 0. The van der Waals surface area contributed by atoms with Crippen LogP contribution < -0.4 is 3.53 Å². The van der Waals surface area contributed by atoms with E-state index in [-0.39, 0.29) is 0 Å². The van der Waals surface area contributed by atoms with E-state index >= 15 is 0 Å². The topological polar surface area (TPSA) is 15.3 Å². The Balaban J connectivity index is 2.00. The van der Waals surface area contributed by atoms with Crippen LogP contribution in [0.1, 0.15) is 19.3 Å². The monoisotopic (exact) mass is 266 g/mol. The van der Waals surface area contributed by atoms with E-state index < -0.39 is 0 Å². The van der Waals surface area contributed by atoms with Crippen molar-refractivity contribution in [3.05, 3.63) is 0 Å². The number of nitrogens with zero attached hydrogens (tertiary/aromatic N) is 1. The third-order valence-corrected chi connectivity index (χ3v) is 3.70. The molecule has 11 heavy (non-hydrogen) atoms. The zero-order valence-corrected chi connectivity index (χ0v) is 8.93. The van der Waals surface area contributed by atoms with Crippen molar-refractivity contribution < 1.29 is 0 Å². The molecule has 0 amide bonds. The van der Waals surface area contributed by atoms with Gasteiger partial charge in [0.05, 0.1) is 0 Å². The molecule has 0 spiro atoms. The average Bonchev–Trinajstić information content (AvgIpc) is 2.07. The van der Waals surface area contributed by atoms with E-state index in [1.807, 2.05) is 0 Å². The van der Waals surface area contributed by atoms with Crippen LogP contribution in [0.25, 0.3) is 0 Å². The third kappa shape index (κ3) is 1.55. The summed E-state index contributed by atoms with van der Waals surface area (Å²) in [4.78, 5) is 2.59. The lowest BCUT2D eigenvalue weighted by atomic mass is 9.72. The largest absolute Gasteiger partial charge is 0.303 e. The molecule has 0 saturated carbocycles. The lowest BCUT2D eigenvalue weighted by Crippen LogP contribution is -2.51. The van der Waals surface area contributed by atoms with Crippen molar-refractivity contribution in [1.29, 1.82) is 0 Å². The molecule has 0 radical (unpaired) electrons. The molecule has 3 heterocycles. The fourth-order valence-electron chi connectivity index (χ4n) is 2.30. The quantitative estimate of drug-likeness (QED) is 0.600. The highest BCUT2D eigenvalue weighted by Crippen LogP contribution is 2.39. The predicted octanol–water partition coefficient (Wildman–Crippen LogP) is 1.41. The Bertz CT molecular complexity index is 121. The molecule has 0 aromatic rings. The van der Waals surface area contributed by atoms with Crippen LogP contribution in [0, 0.1) is 5.41 Å². The fourth-order valence-corrected chi connectivity index (χ4v) is 3.11. The van der Waals surface area contributed by atoms with Gasteiger partial charge in [-0.2, -0.15) is 0 Å². The van der Waals surface area contributed by atoms with Crippen molar-refractivity contribution in [2.45, 2.75) is 19.3 Å². The van der Waals surface area contributed by atoms with Crippen LogP contribution in [-0.2, 0) is 0 Å². The van der Waals surface area contributed by atoms with Crippen LogP contribution in [0.4, 0.5) is 0 Å². The van der Waals surface area contributed by atoms with Gasteiger partial charge in [-0.3, -0.25) is 3.53 Å². The second kappa shape index (κ2) is 3.18. The average molecular weight is 266 g/mol. The maximum atomic E-state index is 3.31. The first kappa shape index (κ1) is 8.26. The molecule has 3 rings (SSSR count). The van der Waals surface area contributed by atoms with Crippen molar-refractivity contribution in [1.82, 2.24) is 8.43 Å². The van der Waals surface area contributed by atoms with Gasteiger partial charge in [-0.1, -0.05) is 0 Å². The highest BCUT2D eigenvalue weighted by molar-refractivity contribution is 14.1. The predicted molar refractivity (Wildman–Crippen MR) is 54.7 cm³/mol. The minimum Gasteiger partial charge on any atom is -0.303 e. The molecular weight excluding hydrogens is 251 g/mol. The molecule has 2 bridgehead atoms. The summed E-state index contributed by atoms with van der Waals surface area (Å²) < 4.78 is 3.31. The number of piperidine rings is 3.